The van der Waals surface area contributed by atoms with Crippen molar-refractivity contribution >= 4 is 12.4 Å². The van der Waals surface area contributed by atoms with Gasteiger partial charge in [0.05, 0.1) is 13.2 Å². The van der Waals surface area contributed by atoms with Gasteiger partial charge < -0.3 is 15.2 Å². The fraction of sp³-hybridized carbons (Fsp3) is 0.700. The van der Waals surface area contributed by atoms with E-state index < -0.39 is 0 Å². The van der Waals surface area contributed by atoms with E-state index in [0.29, 0.717) is 11.8 Å². The lowest BCUT2D eigenvalue weighted by Gasteiger charge is -2.50. The summed E-state index contributed by atoms with van der Waals surface area (Å²) in [5, 5.41) is 14.0. The van der Waals surface area contributed by atoms with Crippen molar-refractivity contribution in [2.75, 3.05) is 14.2 Å². The zero-order valence-corrected chi connectivity index (χ0v) is 15.7. The zero-order valence-electron chi connectivity index (χ0n) is 14.9. The Morgan fingerprint density at radius 3 is 2.79 bits per heavy atom. The molecule has 2 N–H and O–H groups in total. The summed E-state index contributed by atoms with van der Waals surface area (Å²) in [6.07, 6.45) is 5.66. The Hall–Kier alpha value is -0.770. The van der Waals surface area contributed by atoms with E-state index in [1.165, 1.54) is 24.8 Å². The summed E-state index contributed by atoms with van der Waals surface area (Å²) in [4.78, 5) is 0. The van der Waals surface area contributed by atoms with Crippen molar-refractivity contribution in [3.8, 4) is 5.75 Å². The minimum atomic E-state index is -0.189. The molecule has 0 amide bonds. The molecule has 1 aromatic rings. The van der Waals surface area contributed by atoms with Gasteiger partial charge in [-0.25, -0.2) is 0 Å². The maximum atomic E-state index is 10.6. The van der Waals surface area contributed by atoms with Crippen molar-refractivity contribution in [2.45, 2.75) is 57.1 Å². The average Bonchev–Trinajstić information content (AvgIpc) is 2.83. The van der Waals surface area contributed by atoms with Gasteiger partial charge in [0, 0.05) is 6.04 Å². The third kappa shape index (κ3) is 2.48. The SMILES string of the molecule is CN[C@@H]1[C@@H](O)C[C@H]2[C@@H]3CCc4cc(OC)ccc4[C@H]3CC[C@]12C.Cl. The monoisotopic (exact) mass is 351 g/mol. The second-order valence-electron chi connectivity index (χ2n) is 8.09. The van der Waals surface area contributed by atoms with Crippen LogP contribution in [0.2, 0.25) is 0 Å². The second kappa shape index (κ2) is 6.51. The maximum absolute atomic E-state index is 10.6. The number of aliphatic hydroxyl groups is 1. The molecule has 3 aliphatic rings. The Bertz CT molecular complexity index is 607. The van der Waals surface area contributed by atoms with Crippen LogP contribution in [0.3, 0.4) is 0 Å². The molecule has 134 valence electrons. The number of hydrogen-bond donors (Lipinski definition) is 2. The van der Waals surface area contributed by atoms with Crippen molar-refractivity contribution in [1.82, 2.24) is 5.32 Å². The first-order chi connectivity index (χ1) is 11.1. The predicted octanol–water partition coefficient (Wildman–Crippen LogP) is 3.53. The highest BCUT2D eigenvalue weighted by Gasteiger charge is 2.57. The van der Waals surface area contributed by atoms with Gasteiger partial charge in [0.15, 0.2) is 0 Å². The largest absolute Gasteiger partial charge is 0.497 e. The predicted molar refractivity (Wildman–Crippen MR) is 99.1 cm³/mol. The third-order valence-electron chi connectivity index (χ3n) is 7.27. The number of fused-ring (bicyclic) bond motifs is 5. The van der Waals surface area contributed by atoms with Crippen LogP contribution in [0.15, 0.2) is 18.2 Å². The van der Waals surface area contributed by atoms with Crippen LogP contribution in [0, 0.1) is 17.3 Å². The van der Waals surface area contributed by atoms with E-state index >= 15 is 0 Å². The summed E-state index contributed by atoms with van der Waals surface area (Å²) in [5.41, 5.74) is 3.28. The van der Waals surface area contributed by atoms with Crippen LogP contribution in [-0.2, 0) is 6.42 Å². The summed E-state index contributed by atoms with van der Waals surface area (Å²) >= 11 is 0. The Morgan fingerprint density at radius 2 is 2.08 bits per heavy atom. The Morgan fingerprint density at radius 1 is 1.29 bits per heavy atom. The van der Waals surface area contributed by atoms with Gasteiger partial charge in [0.1, 0.15) is 5.75 Å². The van der Waals surface area contributed by atoms with E-state index in [1.807, 2.05) is 7.05 Å². The molecule has 0 radical (unpaired) electrons. The van der Waals surface area contributed by atoms with Crippen LogP contribution >= 0.6 is 12.4 Å². The number of methoxy groups -OCH3 is 1. The molecule has 0 saturated heterocycles. The van der Waals surface area contributed by atoms with E-state index in [-0.39, 0.29) is 30.0 Å². The Labute approximate surface area is 151 Å². The van der Waals surface area contributed by atoms with Crippen molar-refractivity contribution in [2.24, 2.45) is 17.3 Å². The Kier molecular flexibility index (Phi) is 4.89. The van der Waals surface area contributed by atoms with Gasteiger partial charge in [0.25, 0.3) is 0 Å². The van der Waals surface area contributed by atoms with Gasteiger partial charge in [-0.15, -0.1) is 12.4 Å². The number of benzene rings is 1. The second-order valence-corrected chi connectivity index (χ2v) is 8.09. The van der Waals surface area contributed by atoms with E-state index in [4.69, 9.17) is 4.74 Å². The molecule has 0 bridgehead atoms. The first-order valence-electron chi connectivity index (χ1n) is 9.10. The molecule has 0 unspecified atom stereocenters. The Balaban J connectivity index is 0.00000169. The highest BCUT2D eigenvalue weighted by molar-refractivity contribution is 5.85. The summed E-state index contributed by atoms with van der Waals surface area (Å²) in [5.74, 6) is 3.02. The topological polar surface area (TPSA) is 41.5 Å². The zero-order chi connectivity index (χ0) is 16.2. The molecule has 24 heavy (non-hydrogen) atoms. The lowest BCUT2D eigenvalue weighted by atomic mass is 9.55. The molecule has 3 aliphatic carbocycles. The number of likely N-dealkylation sites (N-methyl/N-ethyl adjacent to an activating group) is 1. The van der Waals surface area contributed by atoms with Gasteiger partial charge in [-0.1, -0.05) is 13.0 Å². The standard InChI is InChI=1S/C20H29NO2.ClH/c1-20-9-8-15-14-7-5-13(23-3)10-12(14)4-6-16(15)17(20)11-18(22)19(20)21-2;/h5,7,10,15-19,21-22H,4,6,8-9,11H2,1-3H3;1H/t15-,16-,17+,18+,19-,20+;/m1./s1. The average molecular weight is 352 g/mol. The fourth-order valence-corrected chi connectivity index (χ4v) is 6.22. The quantitative estimate of drug-likeness (QED) is 0.856. The van der Waals surface area contributed by atoms with E-state index in [1.54, 1.807) is 12.7 Å². The van der Waals surface area contributed by atoms with Crippen LogP contribution in [0.4, 0.5) is 0 Å². The van der Waals surface area contributed by atoms with Gasteiger partial charge in [-0.3, -0.25) is 0 Å². The number of rotatable bonds is 2. The number of halogens is 1. The fourth-order valence-electron chi connectivity index (χ4n) is 6.22. The summed E-state index contributed by atoms with van der Waals surface area (Å²) < 4.78 is 5.40. The van der Waals surface area contributed by atoms with Crippen molar-refractivity contribution in [3.63, 3.8) is 0 Å². The molecular weight excluding hydrogens is 322 g/mol. The molecule has 6 atom stereocenters. The van der Waals surface area contributed by atoms with Crippen LogP contribution in [0.5, 0.6) is 5.75 Å². The van der Waals surface area contributed by atoms with Gasteiger partial charge in [-0.2, -0.15) is 0 Å². The molecule has 2 fully saturated rings. The highest BCUT2D eigenvalue weighted by Crippen LogP contribution is 2.60. The first kappa shape index (κ1) is 18.0. The van der Waals surface area contributed by atoms with E-state index in [9.17, 15) is 5.11 Å². The smallest absolute Gasteiger partial charge is 0.119 e. The van der Waals surface area contributed by atoms with Gasteiger partial charge in [-0.05, 0) is 85.6 Å². The minimum Gasteiger partial charge on any atom is -0.497 e. The molecular formula is C20H30ClNO2. The molecule has 0 aliphatic heterocycles. The molecule has 3 nitrogen and oxygen atoms in total. The lowest BCUT2D eigenvalue weighted by Crippen LogP contribution is -2.49. The van der Waals surface area contributed by atoms with Gasteiger partial charge in [0.2, 0.25) is 0 Å². The number of hydrogen-bond acceptors (Lipinski definition) is 3. The van der Waals surface area contributed by atoms with Crippen molar-refractivity contribution in [1.29, 1.82) is 0 Å². The van der Waals surface area contributed by atoms with Crippen LogP contribution < -0.4 is 10.1 Å². The van der Waals surface area contributed by atoms with E-state index in [0.717, 1.165) is 24.5 Å². The summed E-state index contributed by atoms with van der Waals surface area (Å²) in [6, 6.07) is 6.91. The number of aryl methyl sites for hydroxylation is 1. The van der Waals surface area contributed by atoms with Crippen molar-refractivity contribution < 1.29 is 9.84 Å². The number of nitrogens with one attached hydrogen (secondary N) is 1. The van der Waals surface area contributed by atoms with Crippen LogP contribution in [0.25, 0.3) is 0 Å². The molecule has 0 spiro atoms. The molecule has 2 saturated carbocycles. The minimum absolute atomic E-state index is 0. The highest BCUT2D eigenvalue weighted by atomic mass is 35.5. The van der Waals surface area contributed by atoms with Crippen LogP contribution in [0.1, 0.15) is 49.7 Å². The molecule has 0 heterocycles. The summed E-state index contributed by atoms with van der Waals surface area (Å²) in [7, 11) is 3.76. The molecule has 4 rings (SSSR count). The lowest BCUT2D eigenvalue weighted by molar-refractivity contribution is 0.0382. The van der Waals surface area contributed by atoms with E-state index in [2.05, 4.69) is 30.4 Å². The van der Waals surface area contributed by atoms with Gasteiger partial charge >= 0.3 is 0 Å². The first-order valence-corrected chi connectivity index (χ1v) is 9.10. The van der Waals surface area contributed by atoms with Crippen molar-refractivity contribution in [3.05, 3.63) is 29.3 Å². The van der Waals surface area contributed by atoms with Crippen LogP contribution in [-0.4, -0.2) is 31.4 Å². The number of ether oxygens (including phenoxy) is 1. The summed E-state index contributed by atoms with van der Waals surface area (Å²) in [6.45, 7) is 2.41. The maximum Gasteiger partial charge on any atom is 0.119 e. The number of aliphatic hydroxyl groups excluding tert-OH is 1. The molecule has 4 heteroatoms. The molecule has 1 aromatic carbocycles. The molecule has 0 aromatic heterocycles. The normalized spacial score (nSPS) is 40.1. The third-order valence-corrected chi connectivity index (χ3v) is 7.27.